The second-order valence-electron chi connectivity index (χ2n) is 3.21. The molecule has 1 heterocycles. The molecule has 0 saturated heterocycles. The Morgan fingerprint density at radius 3 is 2.53 bits per heavy atom. The maximum atomic E-state index is 11.7. The van der Waals surface area contributed by atoms with Gasteiger partial charge in [-0.25, -0.2) is 0 Å². The molecule has 7 nitrogen and oxygen atoms in total. The fraction of sp³-hybridized carbons (Fsp3) is 0. The number of anilines is 1. The van der Waals surface area contributed by atoms with Crippen molar-refractivity contribution in [3.63, 3.8) is 0 Å². The maximum absolute atomic E-state index is 11.7. The molecule has 0 fully saturated rings. The van der Waals surface area contributed by atoms with Crippen molar-refractivity contribution >= 4 is 17.6 Å². The van der Waals surface area contributed by atoms with Crippen LogP contribution in [0.2, 0.25) is 0 Å². The summed E-state index contributed by atoms with van der Waals surface area (Å²) in [5, 5.41) is 11.8. The molecule has 0 aliphatic carbocycles. The maximum Gasteiger partial charge on any atom is 0.273 e. The minimum absolute atomic E-state index is 0.0198. The predicted octanol–water partition coefficient (Wildman–Crippen LogP) is 0.156. The molecule has 2 aromatic rings. The molecular weight excluding hydrogens is 222 g/mol. The molecule has 0 atom stereocenters. The molecule has 0 aliphatic rings. The number of nitrogens with zero attached hydrogens (tertiary/aromatic N) is 2. The Morgan fingerprint density at radius 2 is 1.88 bits per heavy atom. The Hall–Kier alpha value is -2.70. The Kier molecular flexibility index (Phi) is 2.82. The van der Waals surface area contributed by atoms with Crippen molar-refractivity contribution in [2.45, 2.75) is 0 Å². The van der Waals surface area contributed by atoms with Crippen LogP contribution in [0, 0.1) is 0 Å². The summed E-state index contributed by atoms with van der Waals surface area (Å²) in [5.74, 6) is -1.13. The van der Waals surface area contributed by atoms with Crippen LogP contribution in [-0.2, 0) is 0 Å². The Balaban J connectivity index is 2.19. The molecule has 2 rings (SSSR count). The average Bonchev–Trinajstić information content (AvgIpc) is 2.78. The molecule has 0 saturated carbocycles. The smallest absolute Gasteiger partial charge is 0.273 e. The van der Waals surface area contributed by atoms with Crippen molar-refractivity contribution in [2.24, 2.45) is 5.73 Å². The van der Waals surface area contributed by atoms with E-state index < -0.39 is 5.91 Å². The lowest BCUT2D eigenvalue weighted by Crippen LogP contribution is -2.18. The minimum atomic E-state index is -0.762. The first-order valence-corrected chi connectivity index (χ1v) is 4.75. The van der Waals surface area contributed by atoms with Crippen molar-refractivity contribution in [3.8, 4) is 0 Å². The van der Waals surface area contributed by atoms with E-state index in [4.69, 9.17) is 5.73 Å². The molecular formula is C10H9N5O2. The van der Waals surface area contributed by atoms with Gasteiger partial charge in [-0.3, -0.25) is 9.59 Å². The minimum Gasteiger partial charge on any atom is -0.364 e. The summed E-state index contributed by atoms with van der Waals surface area (Å²) in [5.41, 5.74) is 5.41. The standard InChI is InChI=1S/C10H9N5O2/c11-8(16)7-9(14-15-13-7)12-10(17)6-4-2-1-3-5-6/h1-5H,(H2,11,16)(H2,12,13,14,15,17). The topological polar surface area (TPSA) is 114 Å². The van der Waals surface area contributed by atoms with Crippen molar-refractivity contribution in [2.75, 3.05) is 5.32 Å². The van der Waals surface area contributed by atoms with Gasteiger partial charge in [-0.15, -0.1) is 10.2 Å². The summed E-state index contributed by atoms with van der Waals surface area (Å²) >= 11 is 0. The number of hydrogen-bond donors (Lipinski definition) is 3. The van der Waals surface area contributed by atoms with Crippen LogP contribution < -0.4 is 11.1 Å². The van der Waals surface area contributed by atoms with Crippen LogP contribution in [0.3, 0.4) is 0 Å². The van der Waals surface area contributed by atoms with E-state index in [0.29, 0.717) is 5.56 Å². The van der Waals surface area contributed by atoms with Crippen LogP contribution in [0.5, 0.6) is 0 Å². The highest BCUT2D eigenvalue weighted by atomic mass is 16.2. The average molecular weight is 231 g/mol. The SMILES string of the molecule is NC(=O)c1n[nH]nc1NC(=O)c1ccccc1. The molecule has 1 aromatic heterocycles. The highest BCUT2D eigenvalue weighted by Crippen LogP contribution is 2.09. The van der Waals surface area contributed by atoms with E-state index in [1.54, 1.807) is 30.3 Å². The summed E-state index contributed by atoms with van der Waals surface area (Å²) in [4.78, 5) is 22.7. The molecule has 0 aliphatic heterocycles. The summed E-state index contributed by atoms with van der Waals surface area (Å²) in [6, 6.07) is 8.53. The molecule has 86 valence electrons. The summed E-state index contributed by atoms with van der Waals surface area (Å²) in [6.45, 7) is 0. The van der Waals surface area contributed by atoms with Crippen molar-refractivity contribution in [3.05, 3.63) is 41.6 Å². The number of rotatable bonds is 3. The quantitative estimate of drug-likeness (QED) is 0.697. The third kappa shape index (κ3) is 2.28. The van der Waals surface area contributed by atoms with E-state index in [0.717, 1.165) is 0 Å². The van der Waals surface area contributed by atoms with Crippen LogP contribution in [0.15, 0.2) is 30.3 Å². The number of nitrogens with one attached hydrogen (secondary N) is 2. The lowest BCUT2D eigenvalue weighted by molar-refractivity contribution is 0.0996. The summed E-state index contributed by atoms with van der Waals surface area (Å²) < 4.78 is 0. The molecule has 1 aromatic carbocycles. The number of nitrogens with two attached hydrogens (primary N) is 1. The Labute approximate surface area is 96.0 Å². The fourth-order valence-corrected chi connectivity index (χ4v) is 1.26. The van der Waals surface area contributed by atoms with Gasteiger partial charge in [0.1, 0.15) is 0 Å². The largest absolute Gasteiger partial charge is 0.364 e. The zero-order chi connectivity index (χ0) is 12.3. The lowest BCUT2D eigenvalue weighted by atomic mass is 10.2. The third-order valence-electron chi connectivity index (χ3n) is 2.05. The van der Waals surface area contributed by atoms with Crippen molar-refractivity contribution < 1.29 is 9.59 Å². The van der Waals surface area contributed by atoms with Crippen molar-refractivity contribution in [1.29, 1.82) is 0 Å². The van der Waals surface area contributed by atoms with Crippen LogP contribution in [0.1, 0.15) is 20.8 Å². The molecule has 7 heteroatoms. The van der Waals surface area contributed by atoms with Gasteiger partial charge < -0.3 is 11.1 Å². The Bertz CT molecular complexity index is 549. The number of carbonyl (C=O) groups is 2. The Morgan fingerprint density at radius 1 is 1.18 bits per heavy atom. The van der Waals surface area contributed by atoms with E-state index in [9.17, 15) is 9.59 Å². The number of hydrogen-bond acceptors (Lipinski definition) is 4. The van der Waals surface area contributed by atoms with Gasteiger partial charge in [0.15, 0.2) is 11.5 Å². The van der Waals surface area contributed by atoms with Gasteiger partial charge >= 0.3 is 0 Å². The number of carbonyl (C=O) groups excluding carboxylic acids is 2. The lowest BCUT2D eigenvalue weighted by Gasteiger charge is -2.01. The molecule has 0 unspecified atom stereocenters. The van der Waals surface area contributed by atoms with E-state index >= 15 is 0 Å². The highest BCUT2D eigenvalue weighted by molar-refractivity contribution is 6.07. The fourth-order valence-electron chi connectivity index (χ4n) is 1.26. The number of H-pyrrole nitrogens is 1. The molecule has 0 bridgehead atoms. The van der Waals surface area contributed by atoms with Gasteiger partial charge in [0.05, 0.1) is 0 Å². The van der Waals surface area contributed by atoms with E-state index in [1.165, 1.54) is 0 Å². The first kappa shape index (κ1) is 10.8. The van der Waals surface area contributed by atoms with E-state index in [1.807, 2.05) is 0 Å². The first-order valence-electron chi connectivity index (χ1n) is 4.75. The van der Waals surface area contributed by atoms with E-state index in [2.05, 4.69) is 20.7 Å². The van der Waals surface area contributed by atoms with Crippen LogP contribution in [0.25, 0.3) is 0 Å². The summed E-state index contributed by atoms with van der Waals surface area (Å²) in [7, 11) is 0. The predicted molar refractivity (Wildman–Crippen MR) is 59.3 cm³/mol. The molecule has 4 N–H and O–H groups in total. The number of aromatic nitrogens is 3. The normalized spacial score (nSPS) is 9.88. The zero-order valence-electron chi connectivity index (χ0n) is 8.68. The second kappa shape index (κ2) is 4.44. The van der Waals surface area contributed by atoms with Gasteiger partial charge in [-0.1, -0.05) is 18.2 Å². The van der Waals surface area contributed by atoms with Crippen LogP contribution in [0.4, 0.5) is 5.82 Å². The second-order valence-corrected chi connectivity index (χ2v) is 3.21. The zero-order valence-corrected chi connectivity index (χ0v) is 8.68. The van der Waals surface area contributed by atoms with Gasteiger partial charge in [0, 0.05) is 5.56 Å². The number of aromatic amines is 1. The summed E-state index contributed by atoms with van der Waals surface area (Å²) in [6.07, 6.45) is 0. The molecule has 17 heavy (non-hydrogen) atoms. The van der Waals surface area contributed by atoms with Gasteiger partial charge in [0.2, 0.25) is 0 Å². The van der Waals surface area contributed by atoms with Crippen LogP contribution >= 0.6 is 0 Å². The van der Waals surface area contributed by atoms with E-state index in [-0.39, 0.29) is 17.4 Å². The molecule has 0 radical (unpaired) electrons. The monoisotopic (exact) mass is 231 g/mol. The number of benzene rings is 1. The number of amides is 2. The van der Waals surface area contributed by atoms with Gasteiger partial charge in [-0.05, 0) is 12.1 Å². The van der Waals surface area contributed by atoms with Crippen LogP contribution in [-0.4, -0.2) is 27.2 Å². The highest BCUT2D eigenvalue weighted by Gasteiger charge is 2.16. The number of primary amides is 1. The van der Waals surface area contributed by atoms with Gasteiger partial charge in [0.25, 0.3) is 11.8 Å². The first-order chi connectivity index (χ1) is 8.18. The van der Waals surface area contributed by atoms with Gasteiger partial charge in [-0.2, -0.15) is 5.21 Å². The third-order valence-corrected chi connectivity index (χ3v) is 2.05. The molecule has 0 spiro atoms. The van der Waals surface area contributed by atoms with Crippen molar-refractivity contribution in [1.82, 2.24) is 15.4 Å². The molecule has 2 amide bonds.